The molecule has 0 radical (unpaired) electrons. The molecule has 1 aromatic heterocycles. The van der Waals surface area contributed by atoms with Crippen molar-refractivity contribution < 1.29 is 9.53 Å². The van der Waals surface area contributed by atoms with Crippen molar-refractivity contribution in [3.05, 3.63) is 11.4 Å². The number of anilines is 2. The molecule has 1 heterocycles. The average molecular weight is 293 g/mol. The van der Waals surface area contributed by atoms with Crippen molar-refractivity contribution in [1.29, 1.82) is 0 Å². The highest BCUT2D eigenvalue weighted by Gasteiger charge is 2.28. The summed E-state index contributed by atoms with van der Waals surface area (Å²) in [5.41, 5.74) is 0.923. The van der Waals surface area contributed by atoms with Crippen LogP contribution in [-0.4, -0.2) is 49.7 Å². The lowest BCUT2D eigenvalue weighted by molar-refractivity contribution is -0.119. The van der Waals surface area contributed by atoms with E-state index in [9.17, 15) is 4.79 Å². The molecule has 0 saturated heterocycles. The SMILES string of the molecule is CNc1nc(C2CC2)nc(NCC(=O)NCCOC)c1C. The zero-order chi connectivity index (χ0) is 15.2. The monoisotopic (exact) mass is 293 g/mol. The van der Waals surface area contributed by atoms with Crippen molar-refractivity contribution in [2.24, 2.45) is 0 Å². The van der Waals surface area contributed by atoms with Crippen molar-refractivity contribution in [1.82, 2.24) is 15.3 Å². The summed E-state index contributed by atoms with van der Waals surface area (Å²) in [6.45, 7) is 3.14. The number of hydrogen-bond donors (Lipinski definition) is 3. The molecule has 116 valence electrons. The average Bonchev–Trinajstić information content (AvgIpc) is 3.31. The Kier molecular flexibility index (Phi) is 5.32. The molecule has 1 fully saturated rings. The van der Waals surface area contributed by atoms with Crippen LogP contribution >= 0.6 is 0 Å². The van der Waals surface area contributed by atoms with Gasteiger partial charge < -0.3 is 20.7 Å². The predicted molar refractivity (Wildman–Crippen MR) is 81.7 cm³/mol. The fraction of sp³-hybridized carbons (Fsp3) is 0.643. The first-order chi connectivity index (χ1) is 10.2. The third-order valence-corrected chi connectivity index (χ3v) is 3.39. The molecule has 0 unspecified atom stereocenters. The quantitative estimate of drug-likeness (QED) is 0.617. The summed E-state index contributed by atoms with van der Waals surface area (Å²) < 4.78 is 4.89. The molecule has 0 spiro atoms. The maximum absolute atomic E-state index is 11.7. The Morgan fingerprint density at radius 1 is 1.33 bits per heavy atom. The highest BCUT2D eigenvalue weighted by molar-refractivity contribution is 5.80. The van der Waals surface area contributed by atoms with E-state index in [-0.39, 0.29) is 12.5 Å². The normalized spacial score (nSPS) is 13.9. The molecule has 1 saturated carbocycles. The predicted octanol–water partition coefficient (Wildman–Crippen LogP) is 0.879. The van der Waals surface area contributed by atoms with E-state index in [0.29, 0.717) is 19.1 Å². The van der Waals surface area contributed by atoms with Gasteiger partial charge >= 0.3 is 0 Å². The molecule has 0 aliphatic heterocycles. The van der Waals surface area contributed by atoms with Crippen LogP contribution in [0.4, 0.5) is 11.6 Å². The van der Waals surface area contributed by atoms with E-state index < -0.39 is 0 Å². The van der Waals surface area contributed by atoms with Gasteiger partial charge in [0.1, 0.15) is 17.5 Å². The van der Waals surface area contributed by atoms with Gasteiger partial charge in [-0.3, -0.25) is 4.79 Å². The highest BCUT2D eigenvalue weighted by Crippen LogP contribution is 2.39. The summed E-state index contributed by atoms with van der Waals surface area (Å²) >= 11 is 0. The number of amides is 1. The number of nitrogens with zero attached hydrogens (tertiary/aromatic N) is 2. The maximum Gasteiger partial charge on any atom is 0.239 e. The summed E-state index contributed by atoms with van der Waals surface area (Å²) in [4.78, 5) is 20.8. The van der Waals surface area contributed by atoms with E-state index in [1.165, 1.54) is 0 Å². The summed E-state index contributed by atoms with van der Waals surface area (Å²) in [5.74, 6) is 2.78. The molecule has 1 amide bonds. The second-order valence-electron chi connectivity index (χ2n) is 5.12. The highest BCUT2D eigenvalue weighted by atomic mass is 16.5. The first kappa shape index (κ1) is 15.5. The summed E-state index contributed by atoms with van der Waals surface area (Å²) in [6.07, 6.45) is 2.28. The van der Waals surface area contributed by atoms with Crippen LogP contribution in [0.5, 0.6) is 0 Å². The van der Waals surface area contributed by atoms with Crippen LogP contribution in [0.15, 0.2) is 0 Å². The van der Waals surface area contributed by atoms with Crippen LogP contribution in [0.1, 0.15) is 30.1 Å². The van der Waals surface area contributed by atoms with Gasteiger partial charge in [-0.15, -0.1) is 0 Å². The molecule has 3 N–H and O–H groups in total. The molecule has 0 bridgehead atoms. The smallest absolute Gasteiger partial charge is 0.239 e. The number of methoxy groups -OCH3 is 1. The van der Waals surface area contributed by atoms with Gasteiger partial charge in [-0.1, -0.05) is 0 Å². The number of hydrogen-bond acceptors (Lipinski definition) is 6. The Morgan fingerprint density at radius 3 is 2.67 bits per heavy atom. The number of ether oxygens (including phenoxy) is 1. The largest absolute Gasteiger partial charge is 0.383 e. The molecule has 1 aromatic rings. The minimum Gasteiger partial charge on any atom is -0.383 e. The van der Waals surface area contributed by atoms with Gasteiger partial charge in [0, 0.05) is 32.2 Å². The van der Waals surface area contributed by atoms with Crippen LogP contribution in [0.25, 0.3) is 0 Å². The van der Waals surface area contributed by atoms with E-state index in [1.807, 2.05) is 14.0 Å². The minimum atomic E-state index is -0.0796. The Morgan fingerprint density at radius 2 is 2.05 bits per heavy atom. The molecule has 2 rings (SSSR count). The Balaban J connectivity index is 1.98. The number of nitrogens with one attached hydrogen (secondary N) is 3. The van der Waals surface area contributed by atoms with E-state index in [2.05, 4.69) is 25.9 Å². The Labute approximate surface area is 124 Å². The minimum absolute atomic E-state index is 0.0796. The van der Waals surface area contributed by atoms with E-state index in [0.717, 1.165) is 35.9 Å². The lowest BCUT2D eigenvalue weighted by Crippen LogP contribution is -2.32. The lowest BCUT2D eigenvalue weighted by atomic mass is 10.2. The zero-order valence-electron chi connectivity index (χ0n) is 12.8. The molecule has 1 aliphatic rings. The molecular formula is C14H23N5O2. The van der Waals surface area contributed by atoms with Crippen molar-refractivity contribution in [2.75, 3.05) is 44.5 Å². The topological polar surface area (TPSA) is 88.2 Å². The Hall–Kier alpha value is -1.89. The van der Waals surface area contributed by atoms with Gasteiger partial charge in [0.25, 0.3) is 0 Å². The van der Waals surface area contributed by atoms with Crippen molar-refractivity contribution in [3.8, 4) is 0 Å². The van der Waals surface area contributed by atoms with Crippen LogP contribution in [0.2, 0.25) is 0 Å². The van der Waals surface area contributed by atoms with Crippen molar-refractivity contribution in [2.45, 2.75) is 25.7 Å². The van der Waals surface area contributed by atoms with Crippen molar-refractivity contribution in [3.63, 3.8) is 0 Å². The lowest BCUT2D eigenvalue weighted by Gasteiger charge is -2.13. The van der Waals surface area contributed by atoms with Crippen LogP contribution < -0.4 is 16.0 Å². The fourth-order valence-electron chi connectivity index (χ4n) is 1.99. The Bertz CT molecular complexity index is 502. The van der Waals surface area contributed by atoms with Crippen LogP contribution in [0.3, 0.4) is 0 Å². The fourth-order valence-corrected chi connectivity index (χ4v) is 1.99. The van der Waals surface area contributed by atoms with Gasteiger partial charge in [-0.25, -0.2) is 9.97 Å². The van der Waals surface area contributed by atoms with E-state index in [4.69, 9.17) is 4.74 Å². The number of carbonyl (C=O) groups is 1. The van der Waals surface area contributed by atoms with Gasteiger partial charge in [-0.2, -0.15) is 0 Å². The molecule has 0 aromatic carbocycles. The molecule has 0 atom stereocenters. The third-order valence-electron chi connectivity index (χ3n) is 3.39. The number of aromatic nitrogens is 2. The van der Waals surface area contributed by atoms with Gasteiger partial charge in [0.15, 0.2) is 0 Å². The second kappa shape index (κ2) is 7.21. The molecular weight excluding hydrogens is 270 g/mol. The first-order valence-electron chi connectivity index (χ1n) is 7.21. The van der Waals surface area contributed by atoms with Gasteiger partial charge in [0.05, 0.1) is 13.2 Å². The summed E-state index contributed by atoms with van der Waals surface area (Å²) in [6, 6.07) is 0. The summed E-state index contributed by atoms with van der Waals surface area (Å²) in [5, 5.41) is 8.94. The van der Waals surface area contributed by atoms with E-state index >= 15 is 0 Å². The molecule has 21 heavy (non-hydrogen) atoms. The molecule has 7 nitrogen and oxygen atoms in total. The van der Waals surface area contributed by atoms with Crippen LogP contribution in [-0.2, 0) is 9.53 Å². The number of rotatable bonds is 8. The van der Waals surface area contributed by atoms with E-state index in [1.54, 1.807) is 7.11 Å². The van der Waals surface area contributed by atoms with Gasteiger partial charge in [0.2, 0.25) is 5.91 Å². The molecule has 1 aliphatic carbocycles. The standard InChI is InChI=1S/C14H23N5O2/c1-9-12(15-2)18-14(10-4-5-10)19-13(9)17-8-11(20)16-6-7-21-3/h10H,4-8H2,1-3H3,(H,16,20)(H2,15,17,18,19). The zero-order valence-corrected chi connectivity index (χ0v) is 12.8. The first-order valence-corrected chi connectivity index (χ1v) is 7.21. The number of carbonyl (C=O) groups excluding carboxylic acids is 1. The summed E-state index contributed by atoms with van der Waals surface area (Å²) in [7, 11) is 3.45. The van der Waals surface area contributed by atoms with Gasteiger partial charge in [-0.05, 0) is 19.8 Å². The maximum atomic E-state index is 11.7. The molecule has 7 heteroatoms. The second-order valence-corrected chi connectivity index (χ2v) is 5.12. The van der Waals surface area contributed by atoms with Crippen molar-refractivity contribution >= 4 is 17.5 Å². The van der Waals surface area contributed by atoms with Crippen LogP contribution in [0, 0.1) is 6.92 Å². The third kappa shape index (κ3) is 4.29.